The van der Waals surface area contributed by atoms with Gasteiger partial charge >= 0.3 is 11.9 Å². The number of nitrogen functional groups attached to an aromatic ring is 1. The molecule has 2 aromatic heterocycles. The Morgan fingerprint density at radius 2 is 2.05 bits per heavy atom. The van der Waals surface area contributed by atoms with Gasteiger partial charge in [-0.3, -0.25) is 19.3 Å². The highest BCUT2D eigenvalue weighted by Gasteiger charge is 2.55. The van der Waals surface area contributed by atoms with E-state index in [0.717, 1.165) is 37.2 Å². The zero-order valence-corrected chi connectivity index (χ0v) is 22.7. The van der Waals surface area contributed by atoms with E-state index in [9.17, 15) is 24.3 Å². The molecule has 1 unspecified atom stereocenters. The van der Waals surface area contributed by atoms with Gasteiger partial charge in [0.15, 0.2) is 24.1 Å². The molecule has 2 atom stereocenters. The first-order valence-corrected chi connectivity index (χ1v) is 14.3. The van der Waals surface area contributed by atoms with E-state index in [2.05, 4.69) is 19.8 Å². The molecule has 3 aliphatic rings. The zero-order valence-electron chi connectivity index (χ0n) is 21.1. The molecule has 14 nitrogen and oxygen atoms in total. The lowest BCUT2D eigenvalue weighted by atomic mass is 10.0. The van der Waals surface area contributed by atoms with Gasteiger partial charge in [-0.25, -0.2) is 9.36 Å². The molecule has 0 radical (unpaired) electrons. The first-order chi connectivity index (χ1) is 19.2. The van der Waals surface area contributed by atoms with Crippen molar-refractivity contribution in [2.45, 2.75) is 56.2 Å². The molecule has 1 saturated heterocycles. The Morgan fingerprint density at radius 1 is 1.27 bits per heavy atom. The van der Waals surface area contributed by atoms with Crippen LogP contribution in [0.1, 0.15) is 37.1 Å². The number of carbonyl (C=O) groups is 4. The van der Waals surface area contributed by atoms with E-state index in [1.54, 1.807) is 29.1 Å². The Hall–Kier alpha value is -4.05. The number of nitrogens with zero attached hydrogens (tertiary/aromatic N) is 5. The highest BCUT2D eigenvalue weighted by molar-refractivity contribution is 8.00. The number of hydrogen-bond acceptors (Lipinski definition) is 11. The molecule has 4 heterocycles. The van der Waals surface area contributed by atoms with Crippen LogP contribution in [0.25, 0.3) is 0 Å². The highest BCUT2D eigenvalue weighted by Crippen LogP contribution is 2.40. The van der Waals surface area contributed by atoms with Crippen LogP contribution in [0.15, 0.2) is 41.0 Å². The molecular formula is C24H26N7O7S2+. The Balaban J connectivity index is 1.32. The second-order valence-electron chi connectivity index (χ2n) is 9.48. The van der Waals surface area contributed by atoms with Gasteiger partial charge < -0.3 is 26.1 Å². The summed E-state index contributed by atoms with van der Waals surface area (Å²) >= 11 is 2.21. The third-order valence-electron chi connectivity index (χ3n) is 6.65. The Kier molecular flexibility index (Phi) is 7.97. The normalized spacial score (nSPS) is 21.1. The first-order valence-electron chi connectivity index (χ1n) is 12.4. The monoisotopic (exact) mass is 588 g/mol. The van der Waals surface area contributed by atoms with Crippen LogP contribution in [0.5, 0.6) is 0 Å². The number of nitrogens with two attached hydrogens (primary N) is 1. The Labute approximate surface area is 236 Å². The summed E-state index contributed by atoms with van der Waals surface area (Å²) in [7, 11) is 0. The van der Waals surface area contributed by atoms with Gasteiger partial charge in [-0.15, -0.1) is 11.8 Å². The molecule has 2 aromatic rings. The van der Waals surface area contributed by atoms with Crippen molar-refractivity contribution in [3.8, 4) is 0 Å². The molecule has 210 valence electrons. The predicted octanol–water partition coefficient (Wildman–Crippen LogP) is 0.137. The molecule has 1 aliphatic carbocycles. The van der Waals surface area contributed by atoms with Crippen molar-refractivity contribution in [3.05, 3.63) is 47.2 Å². The number of aromatic nitrogens is 3. The van der Waals surface area contributed by atoms with Gasteiger partial charge in [0.2, 0.25) is 11.5 Å². The molecule has 0 aromatic carbocycles. The second-order valence-corrected chi connectivity index (χ2v) is 11.4. The van der Waals surface area contributed by atoms with Crippen molar-refractivity contribution in [2.24, 2.45) is 5.16 Å². The number of thioether (sulfide) groups is 1. The smallest absolute Gasteiger partial charge is 0.352 e. The zero-order chi connectivity index (χ0) is 28.4. The quantitative estimate of drug-likeness (QED) is 0.127. The van der Waals surface area contributed by atoms with E-state index in [0.29, 0.717) is 11.1 Å². The minimum atomic E-state index is -1.27. The molecule has 1 saturated carbocycles. The largest absolute Gasteiger partial charge is 0.481 e. The summed E-state index contributed by atoms with van der Waals surface area (Å²) < 4.78 is 5.74. The van der Waals surface area contributed by atoms with E-state index < -0.39 is 35.2 Å². The number of amides is 2. The number of hydrogen-bond donors (Lipinski definition) is 4. The first kappa shape index (κ1) is 27.5. The fourth-order valence-corrected chi connectivity index (χ4v) is 6.59. The maximum absolute atomic E-state index is 13.2. The summed E-state index contributed by atoms with van der Waals surface area (Å²) in [5, 5.41) is 25.2. The average Bonchev–Trinajstić information content (AvgIpc) is 3.59. The summed E-state index contributed by atoms with van der Waals surface area (Å²) in [4.78, 5) is 60.4. The van der Waals surface area contributed by atoms with Crippen molar-refractivity contribution < 1.29 is 38.8 Å². The lowest BCUT2D eigenvalue weighted by molar-refractivity contribution is -0.689. The molecule has 2 amide bonds. The number of pyridine rings is 1. The van der Waals surface area contributed by atoms with Crippen molar-refractivity contribution >= 4 is 57.9 Å². The van der Waals surface area contributed by atoms with Crippen LogP contribution in [0.3, 0.4) is 0 Å². The summed E-state index contributed by atoms with van der Waals surface area (Å²) in [5.41, 5.74) is 6.37. The van der Waals surface area contributed by atoms with Gasteiger partial charge in [0.1, 0.15) is 23.2 Å². The number of aliphatic carboxylic acids is 2. The van der Waals surface area contributed by atoms with Crippen LogP contribution in [-0.4, -0.2) is 77.2 Å². The third-order valence-corrected chi connectivity index (χ3v) is 8.53. The lowest BCUT2D eigenvalue weighted by Crippen LogP contribution is -2.71. The number of rotatable bonds is 10. The number of oxime groups is 1. The molecule has 2 fully saturated rings. The summed E-state index contributed by atoms with van der Waals surface area (Å²) in [6, 6.07) is 2.35. The molecule has 40 heavy (non-hydrogen) atoms. The standard InChI is InChI=1S/C24H25N7O7S2/c25-24-27-19(29-40-24)16(28-38-14-5-1-2-6-14)20(34)26-17-21(35)31-18(23(36)37)13(11-39-22(17)31)10-30-7-3-4-12(9-30)8-15(32)33/h3-4,7,9,14,17,22H,1-2,5-6,8,10-11H2,(H4-,25,26,27,29,32,33,34,36,37)/p+1/b28-16-/t17?,22-/m1/s1. The molecule has 5 N–H and O–H groups in total. The number of fused-ring (bicyclic) bond motifs is 1. The van der Waals surface area contributed by atoms with Crippen LogP contribution < -0.4 is 15.6 Å². The molecule has 16 heteroatoms. The van der Waals surface area contributed by atoms with E-state index in [1.807, 2.05) is 0 Å². The Bertz CT molecular complexity index is 1420. The maximum atomic E-state index is 13.2. The summed E-state index contributed by atoms with van der Waals surface area (Å²) in [6.45, 7) is 0.155. The average molecular weight is 589 g/mol. The third kappa shape index (κ3) is 5.77. The van der Waals surface area contributed by atoms with E-state index >= 15 is 0 Å². The second kappa shape index (κ2) is 11.6. The predicted molar refractivity (Wildman–Crippen MR) is 142 cm³/mol. The van der Waals surface area contributed by atoms with Crippen molar-refractivity contribution in [1.29, 1.82) is 0 Å². The summed E-state index contributed by atoms with van der Waals surface area (Å²) in [5.74, 6) is -3.29. The number of anilines is 1. The van der Waals surface area contributed by atoms with Crippen molar-refractivity contribution in [1.82, 2.24) is 19.6 Å². The number of carboxylic acid groups (broad SMARTS) is 2. The fourth-order valence-electron chi connectivity index (χ4n) is 4.82. The molecular weight excluding hydrogens is 562 g/mol. The minimum absolute atomic E-state index is 0.0199. The van der Waals surface area contributed by atoms with Crippen molar-refractivity contribution in [3.63, 3.8) is 0 Å². The SMILES string of the molecule is Nc1nc(/C(=N/OC2CCCC2)C(=O)NC2C(=O)N3C(C(=O)O)=C(C[n+]4cccc(CC(=O)O)c4)CS[C@H]23)ns1. The number of β-lactam (4-membered cyclic amide) rings is 1. The number of nitrogens with one attached hydrogen (secondary N) is 1. The molecule has 5 rings (SSSR count). The molecule has 0 bridgehead atoms. The minimum Gasteiger partial charge on any atom is -0.481 e. The molecule has 0 spiro atoms. The number of carboxylic acids is 2. The number of carbonyl (C=O) groups excluding carboxylic acids is 2. The van der Waals surface area contributed by atoms with E-state index in [4.69, 9.17) is 15.7 Å². The van der Waals surface area contributed by atoms with Crippen LogP contribution >= 0.6 is 23.3 Å². The van der Waals surface area contributed by atoms with Crippen molar-refractivity contribution in [2.75, 3.05) is 11.5 Å². The van der Waals surface area contributed by atoms with E-state index in [-0.39, 0.29) is 47.2 Å². The summed E-state index contributed by atoms with van der Waals surface area (Å²) in [6.07, 6.45) is 6.66. The van der Waals surface area contributed by atoms with Crippen LogP contribution in [0.4, 0.5) is 5.13 Å². The highest BCUT2D eigenvalue weighted by atomic mass is 32.2. The lowest BCUT2D eigenvalue weighted by Gasteiger charge is -2.49. The van der Waals surface area contributed by atoms with Gasteiger partial charge in [-0.2, -0.15) is 9.36 Å². The fraction of sp³-hybridized carbons (Fsp3) is 0.417. The maximum Gasteiger partial charge on any atom is 0.352 e. The molecule has 2 aliphatic heterocycles. The Morgan fingerprint density at radius 3 is 2.73 bits per heavy atom. The van der Waals surface area contributed by atoms with Gasteiger partial charge in [-0.05, 0) is 31.7 Å². The van der Waals surface area contributed by atoms with Crippen LogP contribution in [-0.2, 0) is 37.0 Å². The topological polar surface area (TPSA) is 201 Å². The van der Waals surface area contributed by atoms with E-state index in [1.165, 1.54) is 16.7 Å². The van der Waals surface area contributed by atoms with Gasteiger partial charge in [0, 0.05) is 34.5 Å². The van der Waals surface area contributed by atoms with Crippen LogP contribution in [0.2, 0.25) is 0 Å². The van der Waals surface area contributed by atoms with Crippen LogP contribution in [0, 0.1) is 0 Å². The van der Waals surface area contributed by atoms with Gasteiger partial charge in [-0.1, -0.05) is 5.16 Å². The van der Waals surface area contributed by atoms with Gasteiger partial charge in [0.05, 0.1) is 6.42 Å². The van der Waals surface area contributed by atoms with Gasteiger partial charge in [0.25, 0.3) is 11.8 Å².